The highest BCUT2D eigenvalue weighted by molar-refractivity contribution is 5.06. The van der Waals surface area contributed by atoms with Crippen molar-refractivity contribution < 1.29 is 0 Å². The first-order chi connectivity index (χ1) is 5.86. The molecule has 0 unspecified atom stereocenters. The van der Waals surface area contributed by atoms with Gasteiger partial charge in [0, 0.05) is 0 Å². The second-order valence-corrected chi connectivity index (χ2v) is 5.17. The maximum absolute atomic E-state index is 2.41. The molecule has 0 N–H and O–H groups in total. The van der Waals surface area contributed by atoms with E-state index in [0.717, 1.165) is 17.8 Å². The van der Waals surface area contributed by atoms with Gasteiger partial charge in [0.1, 0.15) is 0 Å². The van der Waals surface area contributed by atoms with Gasteiger partial charge in [-0.2, -0.15) is 0 Å². The Balaban J connectivity index is 4.55. The summed E-state index contributed by atoms with van der Waals surface area (Å²) in [7, 11) is 0. The fourth-order valence-corrected chi connectivity index (χ4v) is 2.46. The molecule has 0 heterocycles. The van der Waals surface area contributed by atoms with Crippen LogP contribution < -0.4 is 0 Å². The number of hydrogen-bond acceptors (Lipinski definition) is 0. The van der Waals surface area contributed by atoms with Crippen molar-refractivity contribution in [1.29, 1.82) is 0 Å². The molecule has 0 aliphatic heterocycles. The van der Waals surface area contributed by atoms with Crippen LogP contribution in [0.15, 0.2) is 11.6 Å². The molecule has 0 spiro atoms. The first kappa shape index (κ1) is 12.7. The Labute approximate surface area is 84.4 Å². The minimum Gasteiger partial charge on any atom is -0.0827 e. The topological polar surface area (TPSA) is 0 Å². The smallest absolute Gasteiger partial charge is 0.0160 e. The summed E-state index contributed by atoms with van der Waals surface area (Å²) in [6.45, 7) is 16.1. The molecule has 0 fully saturated rings. The van der Waals surface area contributed by atoms with Gasteiger partial charge in [0.15, 0.2) is 0 Å². The van der Waals surface area contributed by atoms with E-state index in [4.69, 9.17) is 0 Å². The van der Waals surface area contributed by atoms with Crippen LogP contribution in [0.5, 0.6) is 0 Å². The second kappa shape index (κ2) is 5.47. The minimum absolute atomic E-state index is 0.681. The first-order valence-electron chi connectivity index (χ1n) is 5.54. The summed E-state index contributed by atoms with van der Waals surface area (Å²) >= 11 is 0. The lowest BCUT2D eigenvalue weighted by Crippen LogP contribution is -2.17. The molecule has 0 nitrogen and oxygen atoms in total. The average Bonchev–Trinajstić information content (AvgIpc) is 1.81. The molecule has 0 aromatic rings. The summed E-state index contributed by atoms with van der Waals surface area (Å²) < 4.78 is 0. The molecule has 0 saturated carbocycles. The molecule has 78 valence electrons. The molecular formula is C13H26. The lowest BCUT2D eigenvalue weighted by molar-refractivity contribution is 0.335. The van der Waals surface area contributed by atoms with Crippen LogP contribution in [0.4, 0.5) is 0 Å². The van der Waals surface area contributed by atoms with E-state index in [1.165, 1.54) is 0 Å². The van der Waals surface area contributed by atoms with E-state index in [0.29, 0.717) is 5.92 Å². The summed E-state index contributed by atoms with van der Waals surface area (Å²) in [5.74, 6) is 2.95. The van der Waals surface area contributed by atoms with Crippen molar-refractivity contribution in [3.8, 4) is 0 Å². The van der Waals surface area contributed by atoms with E-state index in [-0.39, 0.29) is 0 Å². The van der Waals surface area contributed by atoms with E-state index in [1.54, 1.807) is 5.57 Å². The third-order valence-corrected chi connectivity index (χ3v) is 2.56. The zero-order valence-corrected chi connectivity index (χ0v) is 10.4. The van der Waals surface area contributed by atoms with Gasteiger partial charge in [0.25, 0.3) is 0 Å². The molecule has 0 aliphatic carbocycles. The summed E-state index contributed by atoms with van der Waals surface area (Å²) in [5, 5.41) is 0. The van der Waals surface area contributed by atoms with Crippen LogP contribution in [-0.4, -0.2) is 0 Å². The van der Waals surface area contributed by atoms with E-state index in [2.05, 4.69) is 54.5 Å². The standard InChI is InChI=1S/C13H26/c1-9(2)8-12(7)13(10(3)4)11(5)6/h8-11,13H,1-7H3/b12-8+. The van der Waals surface area contributed by atoms with Gasteiger partial charge in [0.2, 0.25) is 0 Å². The average molecular weight is 182 g/mol. The Hall–Kier alpha value is -0.260. The SMILES string of the molecule is C/C(=C\C(C)C)C(C(C)C)C(C)C. The largest absolute Gasteiger partial charge is 0.0827 e. The van der Waals surface area contributed by atoms with Crippen molar-refractivity contribution in [3.05, 3.63) is 11.6 Å². The van der Waals surface area contributed by atoms with Crippen molar-refractivity contribution in [3.63, 3.8) is 0 Å². The molecule has 0 saturated heterocycles. The zero-order chi connectivity index (χ0) is 10.6. The summed E-state index contributed by atoms with van der Waals surface area (Å²) in [5.41, 5.74) is 1.57. The second-order valence-electron chi connectivity index (χ2n) is 5.17. The summed E-state index contributed by atoms with van der Waals surface area (Å²) in [6.07, 6.45) is 2.41. The van der Waals surface area contributed by atoms with Crippen LogP contribution in [0.1, 0.15) is 48.5 Å². The molecule has 0 radical (unpaired) electrons. The predicted molar refractivity (Wildman–Crippen MR) is 61.8 cm³/mol. The first-order valence-corrected chi connectivity index (χ1v) is 5.54. The highest BCUT2D eigenvalue weighted by Crippen LogP contribution is 2.28. The molecule has 0 bridgehead atoms. The van der Waals surface area contributed by atoms with Gasteiger partial charge < -0.3 is 0 Å². The van der Waals surface area contributed by atoms with Gasteiger partial charge in [-0.1, -0.05) is 53.2 Å². The van der Waals surface area contributed by atoms with Crippen molar-refractivity contribution in [1.82, 2.24) is 0 Å². The Morgan fingerprint density at radius 2 is 1.23 bits per heavy atom. The molecule has 0 atom stereocenters. The van der Waals surface area contributed by atoms with Crippen LogP contribution in [0, 0.1) is 23.7 Å². The maximum Gasteiger partial charge on any atom is -0.0160 e. The molecule has 13 heavy (non-hydrogen) atoms. The number of hydrogen-bond donors (Lipinski definition) is 0. The van der Waals surface area contributed by atoms with Gasteiger partial charge in [0.05, 0.1) is 0 Å². The zero-order valence-electron chi connectivity index (χ0n) is 10.4. The van der Waals surface area contributed by atoms with E-state index < -0.39 is 0 Å². The normalized spacial score (nSPS) is 13.9. The fraction of sp³-hybridized carbons (Fsp3) is 0.846. The summed E-state index contributed by atoms with van der Waals surface area (Å²) in [4.78, 5) is 0. The van der Waals surface area contributed by atoms with Crippen molar-refractivity contribution in [2.24, 2.45) is 23.7 Å². The minimum atomic E-state index is 0.681. The Bertz CT molecular complexity index is 153. The van der Waals surface area contributed by atoms with Gasteiger partial charge in [-0.25, -0.2) is 0 Å². The number of allylic oxidation sites excluding steroid dienone is 2. The molecule has 0 aliphatic rings. The van der Waals surface area contributed by atoms with Crippen molar-refractivity contribution in [2.75, 3.05) is 0 Å². The Kier molecular flexibility index (Phi) is 5.36. The van der Waals surface area contributed by atoms with E-state index in [1.807, 2.05) is 0 Å². The maximum atomic E-state index is 2.41. The lowest BCUT2D eigenvalue weighted by atomic mass is 9.79. The molecule has 0 aromatic carbocycles. The molecule has 0 heteroatoms. The van der Waals surface area contributed by atoms with Crippen LogP contribution in [-0.2, 0) is 0 Å². The van der Waals surface area contributed by atoms with Crippen LogP contribution in [0.25, 0.3) is 0 Å². The van der Waals surface area contributed by atoms with Crippen molar-refractivity contribution in [2.45, 2.75) is 48.5 Å². The van der Waals surface area contributed by atoms with Crippen LogP contribution in [0.2, 0.25) is 0 Å². The van der Waals surface area contributed by atoms with Gasteiger partial charge >= 0.3 is 0 Å². The van der Waals surface area contributed by atoms with Gasteiger partial charge in [-0.15, -0.1) is 0 Å². The van der Waals surface area contributed by atoms with E-state index in [9.17, 15) is 0 Å². The summed E-state index contributed by atoms with van der Waals surface area (Å²) in [6, 6.07) is 0. The molecule has 0 aromatic heterocycles. The lowest BCUT2D eigenvalue weighted by Gasteiger charge is -2.26. The predicted octanol–water partition coefficient (Wildman–Crippen LogP) is 4.52. The monoisotopic (exact) mass is 182 g/mol. The highest BCUT2D eigenvalue weighted by Gasteiger charge is 2.18. The van der Waals surface area contributed by atoms with E-state index >= 15 is 0 Å². The quantitative estimate of drug-likeness (QED) is 0.561. The Morgan fingerprint density at radius 1 is 0.846 bits per heavy atom. The van der Waals surface area contributed by atoms with Crippen molar-refractivity contribution >= 4 is 0 Å². The van der Waals surface area contributed by atoms with Gasteiger partial charge in [-0.3, -0.25) is 0 Å². The highest BCUT2D eigenvalue weighted by atomic mass is 14.2. The van der Waals surface area contributed by atoms with Crippen LogP contribution in [0.3, 0.4) is 0 Å². The molecule has 0 amide bonds. The fourth-order valence-electron chi connectivity index (χ4n) is 2.46. The van der Waals surface area contributed by atoms with Gasteiger partial charge in [-0.05, 0) is 30.6 Å². The molecule has 0 rings (SSSR count). The Morgan fingerprint density at radius 3 is 1.46 bits per heavy atom. The number of rotatable bonds is 4. The van der Waals surface area contributed by atoms with Crippen LogP contribution >= 0.6 is 0 Å². The molecular weight excluding hydrogens is 156 g/mol. The third-order valence-electron chi connectivity index (χ3n) is 2.56. The third kappa shape index (κ3) is 4.50.